The van der Waals surface area contributed by atoms with E-state index in [4.69, 9.17) is 11.6 Å². The molecule has 0 fully saturated rings. The average molecular weight is 290 g/mol. The van der Waals surface area contributed by atoms with Crippen molar-refractivity contribution >= 4 is 17.5 Å². The van der Waals surface area contributed by atoms with Gasteiger partial charge in [0.25, 0.3) is 5.91 Å². The standard InChI is InChI=1S/C16H13ClFNO/c17-15(11-3-5-13(18)6-4-11)12-2-1-10-7-8-19-16(20)14(10)9-12/h1-6,9,15H,7-8H2,(H,19,20). The van der Waals surface area contributed by atoms with E-state index in [9.17, 15) is 9.18 Å². The maximum Gasteiger partial charge on any atom is 0.251 e. The second kappa shape index (κ2) is 5.25. The summed E-state index contributed by atoms with van der Waals surface area (Å²) in [6.07, 6.45) is 0.838. The normalized spacial score (nSPS) is 15.4. The summed E-state index contributed by atoms with van der Waals surface area (Å²) in [5, 5.41) is 2.43. The molecule has 1 aliphatic rings. The Morgan fingerprint density at radius 1 is 1.10 bits per heavy atom. The first kappa shape index (κ1) is 13.1. The molecule has 2 aromatic rings. The Hall–Kier alpha value is -1.87. The van der Waals surface area contributed by atoms with E-state index >= 15 is 0 Å². The quantitative estimate of drug-likeness (QED) is 0.843. The monoisotopic (exact) mass is 289 g/mol. The molecule has 0 saturated carbocycles. The maximum absolute atomic E-state index is 12.9. The van der Waals surface area contributed by atoms with Crippen molar-refractivity contribution in [3.8, 4) is 0 Å². The zero-order valence-electron chi connectivity index (χ0n) is 10.7. The predicted octanol–water partition coefficient (Wildman–Crippen LogP) is 3.44. The summed E-state index contributed by atoms with van der Waals surface area (Å²) < 4.78 is 12.9. The number of benzene rings is 2. The molecule has 0 aliphatic carbocycles. The number of amides is 1. The summed E-state index contributed by atoms with van der Waals surface area (Å²) in [6, 6.07) is 11.8. The Kier molecular flexibility index (Phi) is 3.45. The molecule has 0 bridgehead atoms. The Bertz CT molecular complexity index is 654. The number of fused-ring (bicyclic) bond motifs is 1. The smallest absolute Gasteiger partial charge is 0.251 e. The minimum absolute atomic E-state index is 0.0592. The lowest BCUT2D eigenvalue weighted by Gasteiger charge is -2.19. The fraction of sp³-hybridized carbons (Fsp3) is 0.188. The van der Waals surface area contributed by atoms with Gasteiger partial charge in [-0.15, -0.1) is 11.6 Å². The van der Waals surface area contributed by atoms with Crippen molar-refractivity contribution in [2.45, 2.75) is 11.8 Å². The SMILES string of the molecule is O=C1NCCc2ccc(C(Cl)c3ccc(F)cc3)cc21. The van der Waals surface area contributed by atoms with E-state index in [1.165, 1.54) is 12.1 Å². The molecule has 0 radical (unpaired) electrons. The number of carbonyl (C=O) groups excluding carboxylic acids is 1. The van der Waals surface area contributed by atoms with Crippen LogP contribution in [0.2, 0.25) is 0 Å². The highest BCUT2D eigenvalue weighted by atomic mass is 35.5. The molecule has 1 heterocycles. The molecule has 102 valence electrons. The van der Waals surface area contributed by atoms with E-state index in [1.54, 1.807) is 12.1 Å². The maximum atomic E-state index is 12.9. The number of nitrogens with one attached hydrogen (secondary N) is 1. The molecule has 20 heavy (non-hydrogen) atoms. The fourth-order valence-electron chi connectivity index (χ4n) is 2.41. The Balaban J connectivity index is 1.96. The molecular weight excluding hydrogens is 277 g/mol. The van der Waals surface area contributed by atoms with Crippen LogP contribution in [0, 0.1) is 5.82 Å². The minimum Gasteiger partial charge on any atom is -0.352 e. The summed E-state index contributed by atoms with van der Waals surface area (Å²) in [5.74, 6) is -0.349. The van der Waals surface area contributed by atoms with Crippen molar-refractivity contribution in [2.75, 3.05) is 6.54 Å². The van der Waals surface area contributed by atoms with Crippen LogP contribution in [-0.4, -0.2) is 12.5 Å². The molecular formula is C16H13ClFNO. The lowest BCUT2D eigenvalue weighted by molar-refractivity contribution is 0.0946. The van der Waals surface area contributed by atoms with Crippen LogP contribution in [0.25, 0.3) is 0 Å². The molecule has 1 amide bonds. The summed E-state index contributed by atoms with van der Waals surface area (Å²) >= 11 is 6.42. The molecule has 2 aromatic carbocycles. The van der Waals surface area contributed by atoms with Gasteiger partial charge >= 0.3 is 0 Å². The van der Waals surface area contributed by atoms with Crippen molar-refractivity contribution in [1.82, 2.24) is 5.32 Å². The average Bonchev–Trinajstić information content (AvgIpc) is 2.47. The van der Waals surface area contributed by atoms with E-state index < -0.39 is 5.38 Å². The first-order chi connectivity index (χ1) is 9.65. The zero-order valence-corrected chi connectivity index (χ0v) is 11.5. The van der Waals surface area contributed by atoms with E-state index in [0.717, 1.165) is 23.1 Å². The molecule has 2 nitrogen and oxygen atoms in total. The highest BCUT2D eigenvalue weighted by molar-refractivity contribution is 6.22. The van der Waals surface area contributed by atoms with Crippen LogP contribution in [0.3, 0.4) is 0 Å². The molecule has 4 heteroatoms. The molecule has 0 spiro atoms. The highest BCUT2D eigenvalue weighted by Gasteiger charge is 2.19. The van der Waals surface area contributed by atoms with Crippen molar-refractivity contribution in [3.05, 3.63) is 70.5 Å². The lowest BCUT2D eigenvalue weighted by atomic mass is 9.95. The Morgan fingerprint density at radius 2 is 1.80 bits per heavy atom. The van der Waals surface area contributed by atoms with Gasteiger partial charge in [0.2, 0.25) is 0 Å². The summed E-state index contributed by atoms with van der Waals surface area (Å²) in [5.41, 5.74) is 3.38. The van der Waals surface area contributed by atoms with Gasteiger partial charge in [-0.25, -0.2) is 4.39 Å². The van der Waals surface area contributed by atoms with E-state index in [0.29, 0.717) is 12.1 Å². The summed E-state index contributed by atoms with van der Waals surface area (Å²) in [6.45, 7) is 0.674. The second-order valence-corrected chi connectivity index (χ2v) is 5.27. The first-order valence-electron chi connectivity index (χ1n) is 6.46. The summed E-state index contributed by atoms with van der Waals surface area (Å²) in [7, 11) is 0. The van der Waals surface area contributed by atoms with Gasteiger partial charge in [0.1, 0.15) is 5.82 Å². The van der Waals surface area contributed by atoms with Gasteiger partial charge in [0.15, 0.2) is 0 Å². The topological polar surface area (TPSA) is 29.1 Å². The van der Waals surface area contributed by atoms with E-state index in [1.807, 2.05) is 18.2 Å². The van der Waals surface area contributed by atoms with Gasteiger partial charge in [-0.2, -0.15) is 0 Å². The molecule has 1 atom stereocenters. The van der Waals surface area contributed by atoms with Gasteiger partial charge in [-0.3, -0.25) is 4.79 Å². The lowest BCUT2D eigenvalue weighted by Crippen LogP contribution is -2.31. The zero-order chi connectivity index (χ0) is 14.1. The summed E-state index contributed by atoms with van der Waals surface area (Å²) in [4.78, 5) is 11.8. The number of alkyl halides is 1. The van der Waals surface area contributed by atoms with Crippen molar-refractivity contribution in [1.29, 1.82) is 0 Å². The largest absolute Gasteiger partial charge is 0.352 e. The van der Waals surface area contributed by atoms with Crippen LogP contribution in [0.1, 0.15) is 32.4 Å². The third-order valence-corrected chi connectivity index (χ3v) is 4.02. The Morgan fingerprint density at radius 3 is 2.55 bits per heavy atom. The van der Waals surface area contributed by atoms with Gasteiger partial charge < -0.3 is 5.32 Å². The first-order valence-corrected chi connectivity index (χ1v) is 6.89. The van der Waals surface area contributed by atoms with E-state index in [2.05, 4.69) is 5.32 Å². The van der Waals surface area contributed by atoms with Gasteiger partial charge in [0.05, 0.1) is 5.38 Å². The van der Waals surface area contributed by atoms with Crippen LogP contribution in [0.15, 0.2) is 42.5 Å². The molecule has 3 rings (SSSR count). The molecule has 1 unspecified atom stereocenters. The number of halogens is 2. The minimum atomic E-state index is -0.393. The molecule has 0 saturated heterocycles. The van der Waals surface area contributed by atoms with Gasteiger partial charge in [0, 0.05) is 12.1 Å². The number of hydrogen-bond acceptors (Lipinski definition) is 1. The predicted molar refractivity (Wildman–Crippen MR) is 76.6 cm³/mol. The van der Waals surface area contributed by atoms with E-state index in [-0.39, 0.29) is 11.7 Å². The van der Waals surface area contributed by atoms with Crippen LogP contribution in [0.5, 0.6) is 0 Å². The third-order valence-electron chi connectivity index (χ3n) is 3.51. The van der Waals surface area contributed by atoms with Crippen LogP contribution >= 0.6 is 11.6 Å². The van der Waals surface area contributed by atoms with Crippen molar-refractivity contribution in [2.24, 2.45) is 0 Å². The van der Waals surface area contributed by atoms with Gasteiger partial charge in [-0.05, 0) is 41.3 Å². The van der Waals surface area contributed by atoms with Crippen LogP contribution < -0.4 is 5.32 Å². The van der Waals surface area contributed by atoms with Crippen molar-refractivity contribution in [3.63, 3.8) is 0 Å². The number of hydrogen-bond donors (Lipinski definition) is 1. The fourth-order valence-corrected chi connectivity index (χ4v) is 2.69. The highest BCUT2D eigenvalue weighted by Crippen LogP contribution is 2.30. The second-order valence-electron chi connectivity index (χ2n) is 4.84. The molecule has 1 aliphatic heterocycles. The van der Waals surface area contributed by atoms with Gasteiger partial charge in [-0.1, -0.05) is 24.3 Å². The molecule has 1 N–H and O–H groups in total. The Labute approximate surface area is 121 Å². The number of carbonyl (C=O) groups is 1. The third kappa shape index (κ3) is 2.41. The van der Waals surface area contributed by atoms with Crippen LogP contribution in [0.4, 0.5) is 4.39 Å². The van der Waals surface area contributed by atoms with Crippen molar-refractivity contribution < 1.29 is 9.18 Å². The number of rotatable bonds is 2. The van der Waals surface area contributed by atoms with Crippen LogP contribution in [-0.2, 0) is 6.42 Å². The molecule has 0 aromatic heterocycles.